The number of hydrogen-bond acceptors (Lipinski definition) is 4. The molecule has 142 valence electrons. The van der Waals surface area contributed by atoms with Crippen molar-refractivity contribution in [1.82, 2.24) is 20.2 Å². The van der Waals surface area contributed by atoms with E-state index in [2.05, 4.69) is 10.3 Å². The third-order valence-electron chi connectivity index (χ3n) is 6.26. The average Bonchev–Trinajstić information content (AvgIpc) is 3.31. The number of fused-ring (bicyclic) bond motifs is 2. The van der Waals surface area contributed by atoms with Gasteiger partial charge in [-0.25, -0.2) is 10.5 Å². The molecule has 1 unspecified atom stereocenters. The second-order valence-corrected chi connectivity index (χ2v) is 7.56. The van der Waals surface area contributed by atoms with Gasteiger partial charge in [-0.1, -0.05) is 12.1 Å². The summed E-state index contributed by atoms with van der Waals surface area (Å²) < 4.78 is 2.02. The van der Waals surface area contributed by atoms with Gasteiger partial charge in [0.05, 0.1) is 11.1 Å². The average molecular weight is 376 g/mol. The number of pyridine rings is 1. The third kappa shape index (κ3) is 2.29. The van der Waals surface area contributed by atoms with E-state index in [0.717, 1.165) is 41.7 Å². The van der Waals surface area contributed by atoms with Crippen LogP contribution >= 0.6 is 0 Å². The van der Waals surface area contributed by atoms with Crippen LogP contribution in [0.1, 0.15) is 45.9 Å². The summed E-state index contributed by atoms with van der Waals surface area (Å²) in [4.78, 5) is 29.6. The minimum absolute atomic E-state index is 0.0612. The van der Waals surface area contributed by atoms with Gasteiger partial charge in [0.25, 0.3) is 5.91 Å². The number of aromatic nitrogens is 2. The molecule has 1 aliphatic carbocycles. The molecule has 2 amide bonds. The Balaban J connectivity index is 1.77. The van der Waals surface area contributed by atoms with E-state index in [0.29, 0.717) is 12.1 Å². The molecule has 1 saturated heterocycles. The summed E-state index contributed by atoms with van der Waals surface area (Å²) in [6.07, 6.45) is 6.06. The van der Waals surface area contributed by atoms with Crippen molar-refractivity contribution in [2.45, 2.75) is 25.2 Å². The Morgan fingerprint density at radius 3 is 2.96 bits per heavy atom. The Bertz CT molecular complexity index is 1110. The van der Waals surface area contributed by atoms with Crippen LogP contribution in [-0.2, 0) is 11.2 Å². The minimum Gasteiger partial charge on any atom is -0.356 e. The molecule has 3 heterocycles. The van der Waals surface area contributed by atoms with Crippen LogP contribution in [0.5, 0.6) is 0 Å². The summed E-state index contributed by atoms with van der Waals surface area (Å²) in [5.74, 6) is -0.719. The Labute approximate surface area is 161 Å². The number of nitrogens with zero attached hydrogens (tertiary/aromatic N) is 2. The van der Waals surface area contributed by atoms with Crippen molar-refractivity contribution in [3.63, 3.8) is 0 Å². The van der Waals surface area contributed by atoms with Gasteiger partial charge < -0.3 is 9.72 Å². The molecule has 1 aromatic carbocycles. The van der Waals surface area contributed by atoms with Gasteiger partial charge in [-0.15, -0.1) is 0 Å². The molecule has 3 aromatic rings. The molecule has 0 saturated carbocycles. The molecule has 0 bridgehead atoms. The van der Waals surface area contributed by atoms with Gasteiger partial charge in [0.15, 0.2) is 0 Å². The number of hydrogen-bond donors (Lipinski definition) is 3. The predicted molar refractivity (Wildman–Crippen MR) is 101 cm³/mol. The monoisotopic (exact) mass is 376 g/mol. The number of amides is 2. The van der Waals surface area contributed by atoms with E-state index in [1.807, 2.05) is 41.1 Å². The number of carbonyl (C=O) groups is 2. The van der Waals surface area contributed by atoms with Gasteiger partial charge in [0, 0.05) is 30.4 Å². The lowest BCUT2D eigenvalue weighted by atomic mass is 9.61. The molecule has 2 aliphatic rings. The molecule has 2 atom stereocenters. The molecule has 1 aliphatic heterocycles. The largest absolute Gasteiger partial charge is 0.356 e. The highest BCUT2D eigenvalue weighted by atomic mass is 16.5. The van der Waals surface area contributed by atoms with Gasteiger partial charge in [0.2, 0.25) is 5.91 Å². The van der Waals surface area contributed by atoms with Gasteiger partial charge in [-0.3, -0.25) is 14.8 Å². The normalized spacial score (nSPS) is 23.6. The fourth-order valence-corrected chi connectivity index (χ4v) is 4.91. The van der Waals surface area contributed by atoms with Crippen LogP contribution in [0.15, 0.2) is 48.8 Å². The maximum absolute atomic E-state index is 13.0. The summed E-state index contributed by atoms with van der Waals surface area (Å²) in [5, 5.41) is 12.1. The van der Waals surface area contributed by atoms with Crippen LogP contribution in [0, 0.1) is 5.41 Å². The smallest absolute Gasteiger partial charge is 0.274 e. The van der Waals surface area contributed by atoms with E-state index in [1.165, 1.54) is 0 Å². The Morgan fingerprint density at radius 1 is 1.29 bits per heavy atom. The number of rotatable bonds is 2. The lowest BCUT2D eigenvalue weighted by Crippen LogP contribution is -2.41. The number of imidazole rings is 1. The zero-order chi connectivity index (χ0) is 19.3. The van der Waals surface area contributed by atoms with Crippen LogP contribution in [0.4, 0.5) is 0 Å². The summed E-state index contributed by atoms with van der Waals surface area (Å²) in [6, 6.07) is 11.3. The highest BCUT2D eigenvalue weighted by molar-refractivity contribution is 5.94. The van der Waals surface area contributed by atoms with E-state index in [4.69, 9.17) is 5.21 Å². The van der Waals surface area contributed by atoms with Crippen molar-refractivity contribution >= 4 is 17.5 Å². The molecule has 7 nitrogen and oxygen atoms in total. The first-order chi connectivity index (χ1) is 13.6. The lowest BCUT2D eigenvalue weighted by molar-refractivity contribution is -0.129. The van der Waals surface area contributed by atoms with E-state index in [-0.39, 0.29) is 11.8 Å². The summed E-state index contributed by atoms with van der Waals surface area (Å²) in [7, 11) is 0. The Hall–Kier alpha value is -3.19. The zero-order valence-corrected chi connectivity index (χ0v) is 15.2. The maximum Gasteiger partial charge on any atom is 0.274 e. The fraction of sp³-hybridized carbons (Fsp3) is 0.286. The molecule has 3 N–H and O–H groups in total. The van der Waals surface area contributed by atoms with Crippen molar-refractivity contribution < 1.29 is 14.8 Å². The highest BCUT2D eigenvalue weighted by Crippen LogP contribution is 2.53. The molecule has 7 heteroatoms. The minimum atomic E-state index is -0.562. The molecule has 1 spiro atoms. The Morgan fingerprint density at radius 2 is 2.18 bits per heavy atom. The summed E-state index contributed by atoms with van der Waals surface area (Å²) in [5.41, 5.74) is 5.35. The molecule has 2 aromatic heterocycles. The first kappa shape index (κ1) is 16.9. The number of nitrogens with one attached hydrogen (secondary N) is 2. The topological polar surface area (TPSA) is 95.7 Å². The van der Waals surface area contributed by atoms with Crippen molar-refractivity contribution in [1.29, 1.82) is 0 Å². The molecule has 28 heavy (non-hydrogen) atoms. The number of carbonyl (C=O) groups excluding carboxylic acids is 2. The molecule has 1 fully saturated rings. The standard InChI is InChI=1S/C21H20N4O3/c26-19(24-28)14-5-4-13-6-7-21(8-9-22-20(21)27)18(15(13)11-14)16-12-23-17-3-1-2-10-25(16)17/h1-5,10-12,18,28H,6-9H2,(H,22,27)(H,24,26)/t18?,21-/m1/s1. The first-order valence-corrected chi connectivity index (χ1v) is 9.41. The lowest BCUT2D eigenvalue weighted by Gasteiger charge is -2.40. The van der Waals surface area contributed by atoms with E-state index in [9.17, 15) is 9.59 Å². The number of hydroxylamine groups is 1. The van der Waals surface area contributed by atoms with Crippen LogP contribution in [0.25, 0.3) is 5.65 Å². The van der Waals surface area contributed by atoms with Crippen LogP contribution < -0.4 is 10.8 Å². The van der Waals surface area contributed by atoms with Crippen molar-refractivity contribution in [3.8, 4) is 0 Å². The van der Waals surface area contributed by atoms with Crippen molar-refractivity contribution in [2.75, 3.05) is 6.54 Å². The summed E-state index contributed by atoms with van der Waals surface area (Å²) >= 11 is 0. The molecular formula is C21H20N4O3. The zero-order valence-electron chi connectivity index (χ0n) is 15.2. The fourth-order valence-electron chi connectivity index (χ4n) is 4.91. The van der Waals surface area contributed by atoms with Gasteiger partial charge in [0.1, 0.15) is 5.65 Å². The first-order valence-electron chi connectivity index (χ1n) is 9.41. The van der Waals surface area contributed by atoms with E-state index in [1.54, 1.807) is 17.6 Å². The van der Waals surface area contributed by atoms with Gasteiger partial charge in [-0.2, -0.15) is 0 Å². The van der Waals surface area contributed by atoms with E-state index >= 15 is 0 Å². The number of aryl methyl sites for hydroxylation is 1. The van der Waals surface area contributed by atoms with Crippen LogP contribution in [0.2, 0.25) is 0 Å². The second kappa shape index (κ2) is 6.17. The van der Waals surface area contributed by atoms with Gasteiger partial charge >= 0.3 is 0 Å². The Kier molecular flexibility index (Phi) is 3.73. The van der Waals surface area contributed by atoms with Crippen LogP contribution in [0.3, 0.4) is 0 Å². The van der Waals surface area contributed by atoms with Crippen LogP contribution in [-0.4, -0.2) is 33.0 Å². The molecule has 0 radical (unpaired) electrons. The van der Waals surface area contributed by atoms with Crippen molar-refractivity contribution in [3.05, 3.63) is 71.2 Å². The SMILES string of the molecule is O=C(NO)c1ccc2c(c1)C(c1cnc3ccccn13)[C@]1(CCNC1=O)CC2. The maximum atomic E-state index is 13.0. The summed E-state index contributed by atoms with van der Waals surface area (Å²) in [6.45, 7) is 0.651. The van der Waals surface area contributed by atoms with Gasteiger partial charge in [-0.05, 0) is 54.7 Å². The quantitative estimate of drug-likeness (QED) is 0.471. The van der Waals surface area contributed by atoms with E-state index < -0.39 is 11.3 Å². The predicted octanol–water partition coefficient (Wildman–Crippen LogP) is 2.04. The third-order valence-corrected chi connectivity index (χ3v) is 6.26. The van der Waals surface area contributed by atoms with Crippen molar-refractivity contribution in [2.24, 2.45) is 5.41 Å². The molecular weight excluding hydrogens is 356 g/mol. The number of benzene rings is 1. The molecule has 5 rings (SSSR count). The second-order valence-electron chi connectivity index (χ2n) is 7.56. The highest BCUT2D eigenvalue weighted by Gasteiger charge is 2.52.